The van der Waals surface area contributed by atoms with Crippen molar-refractivity contribution in [3.63, 3.8) is 0 Å². The summed E-state index contributed by atoms with van der Waals surface area (Å²) in [5.74, 6) is 0.800. The first-order chi connectivity index (χ1) is 8.65. The van der Waals surface area contributed by atoms with E-state index in [1.54, 1.807) is 39.4 Å². The number of ether oxygens (including phenoxy) is 2. The minimum atomic E-state index is -0.442. The van der Waals surface area contributed by atoms with Gasteiger partial charge in [0.05, 0.1) is 25.5 Å². The normalized spacial score (nSPS) is 16.5. The van der Waals surface area contributed by atoms with Crippen molar-refractivity contribution in [1.82, 2.24) is 0 Å². The average molecular weight is 247 g/mol. The molecule has 1 aliphatic rings. The summed E-state index contributed by atoms with van der Waals surface area (Å²) >= 11 is 0. The maximum Gasteiger partial charge on any atom is 0.367 e. The summed E-state index contributed by atoms with van der Waals surface area (Å²) in [5, 5.41) is 3.61. The van der Waals surface area contributed by atoms with Gasteiger partial charge in [-0.3, -0.25) is 0 Å². The third kappa shape index (κ3) is 2.20. The minimum absolute atomic E-state index is 0.442. The Balaban J connectivity index is 2.38. The molecule has 94 valence electrons. The third-order valence-corrected chi connectivity index (χ3v) is 2.59. The fraction of sp³-hybridized carbons (Fsp3) is 0.231. The zero-order valence-corrected chi connectivity index (χ0v) is 10.4. The number of rotatable bonds is 3. The Bertz CT molecular complexity index is 546. The van der Waals surface area contributed by atoms with Crippen molar-refractivity contribution in [3.05, 3.63) is 29.3 Å². The SMILES string of the molecule is COc1ccc(C=C2C(=O)ON=C2C)cc1OC. The lowest BCUT2D eigenvalue weighted by atomic mass is 10.1. The molecule has 0 atom stereocenters. The zero-order chi connectivity index (χ0) is 13.1. The molecule has 2 rings (SSSR count). The molecule has 1 heterocycles. The predicted octanol–water partition coefficient (Wildman–Crippen LogP) is 2.02. The van der Waals surface area contributed by atoms with Gasteiger partial charge >= 0.3 is 5.97 Å². The molecular formula is C13H13NO4. The van der Waals surface area contributed by atoms with Gasteiger partial charge in [-0.2, -0.15) is 0 Å². The van der Waals surface area contributed by atoms with Crippen LogP contribution in [0.3, 0.4) is 0 Å². The van der Waals surface area contributed by atoms with E-state index in [9.17, 15) is 4.79 Å². The molecule has 0 fully saturated rings. The van der Waals surface area contributed by atoms with Gasteiger partial charge in [-0.25, -0.2) is 4.79 Å². The van der Waals surface area contributed by atoms with Crippen LogP contribution in [-0.4, -0.2) is 25.9 Å². The van der Waals surface area contributed by atoms with Crippen LogP contribution >= 0.6 is 0 Å². The second-order valence-electron chi connectivity index (χ2n) is 3.73. The second kappa shape index (κ2) is 4.91. The van der Waals surface area contributed by atoms with Crippen LogP contribution in [-0.2, 0) is 9.63 Å². The van der Waals surface area contributed by atoms with E-state index in [0.717, 1.165) is 5.56 Å². The number of hydrogen-bond acceptors (Lipinski definition) is 5. The lowest BCUT2D eigenvalue weighted by Gasteiger charge is -2.07. The smallest absolute Gasteiger partial charge is 0.367 e. The molecule has 0 bridgehead atoms. The van der Waals surface area contributed by atoms with Gasteiger partial charge in [0, 0.05) is 0 Å². The number of benzene rings is 1. The van der Waals surface area contributed by atoms with Crippen molar-refractivity contribution in [2.24, 2.45) is 5.16 Å². The summed E-state index contributed by atoms with van der Waals surface area (Å²) in [6.07, 6.45) is 1.70. The van der Waals surface area contributed by atoms with E-state index in [1.165, 1.54) is 0 Å². The first kappa shape index (κ1) is 12.2. The quantitative estimate of drug-likeness (QED) is 0.605. The number of hydrogen-bond donors (Lipinski definition) is 0. The van der Waals surface area contributed by atoms with Crippen LogP contribution in [0.1, 0.15) is 12.5 Å². The summed E-state index contributed by atoms with van der Waals surface area (Å²) in [6, 6.07) is 5.38. The molecule has 1 aromatic rings. The molecule has 1 aliphatic heterocycles. The second-order valence-corrected chi connectivity index (χ2v) is 3.73. The summed E-state index contributed by atoms with van der Waals surface area (Å²) < 4.78 is 10.3. The minimum Gasteiger partial charge on any atom is -0.493 e. The maximum atomic E-state index is 11.4. The first-order valence-corrected chi connectivity index (χ1v) is 5.35. The highest BCUT2D eigenvalue weighted by molar-refractivity contribution is 6.24. The van der Waals surface area contributed by atoms with Gasteiger partial charge in [0.15, 0.2) is 11.5 Å². The lowest BCUT2D eigenvalue weighted by molar-refractivity contribution is -0.136. The molecule has 0 saturated heterocycles. The van der Waals surface area contributed by atoms with Crippen molar-refractivity contribution in [2.45, 2.75) is 6.92 Å². The van der Waals surface area contributed by atoms with Gasteiger partial charge in [-0.15, -0.1) is 0 Å². The average Bonchev–Trinajstić information content (AvgIpc) is 2.70. The van der Waals surface area contributed by atoms with E-state index in [0.29, 0.717) is 22.8 Å². The molecule has 0 N–H and O–H groups in total. The summed E-state index contributed by atoms with van der Waals surface area (Å²) in [6.45, 7) is 1.72. The Kier molecular flexibility index (Phi) is 3.32. The van der Waals surface area contributed by atoms with Gasteiger partial charge in [0.1, 0.15) is 0 Å². The Morgan fingerprint density at radius 3 is 2.50 bits per heavy atom. The van der Waals surface area contributed by atoms with Gasteiger partial charge in [0.2, 0.25) is 0 Å². The van der Waals surface area contributed by atoms with Crippen LogP contribution in [0.2, 0.25) is 0 Å². The summed E-state index contributed by atoms with van der Waals surface area (Å²) in [5.41, 5.74) is 1.83. The van der Waals surface area contributed by atoms with Crippen LogP contribution in [0.25, 0.3) is 6.08 Å². The first-order valence-electron chi connectivity index (χ1n) is 5.35. The molecule has 0 saturated carbocycles. The standard InChI is InChI=1S/C13H13NO4/c1-8-10(13(15)18-14-8)6-9-4-5-11(16-2)12(7-9)17-3/h4-7H,1-3H3. The van der Waals surface area contributed by atoms with Crippen molar-refractivity contribution in [3.8, 4) is 11.5 Å². The molecule has 0 radical (unpaired) electrons. The molecule has 0 spiro atoms. The molecule has 0 aromatic heterocycles. The molecule has 18 heavy (non-hydrogen) atoms. The van der Waals surface area contributed by atoms with E-state index in [1.807, 2.05) is 6.07 Å². The number of carbonyl (C=O) groups excluding carboxylic acids is 1. The maximum absolute atomic E-state index is 11.4. The van der Waals surface area contributed by atoms with E-state index in [-0.39, 0.29) is 0 Å². The van der Waals surface area contributed by atoms with E-state index >= 15 is 0 Å². The van der Waals surface area contributed by atoms with Crippen molar-refractivity contribution in [1.29, 1.82) is 0 Å². The monoisotopic (exact) mass is 247 g/mol. The molecule has 0 aliphatic carbocycles. The van der Waals surface area contributed by atoms with Crippen molar-refractivity contribution in [2.75, 3.05) is 14.2 Å². The van der Waals surface area contributed by atoms with Gasteiger partial charge in [-0.05, 0) is 30.7 Å². The number of carbonyl (C=O) groups is 1. The number of methoxy groups -OCH3 is 2. The Morgan fingerprint density at radius 2 is 1.94 bits per heavy atom. The molecule has 1 aromatic carbocycles. The van der Waals surface area contributed by atoms with Gasteiger partial charge in [0.25, 0.3) is 0 Å². The van der Waals surface area contributed by atoms with Gasteiger partial charge in [-0.1, -0.05) is 11.2 Å². The van der Waals surface area contributed by atoms with Crippen molar-refractivity contribution >= 4 is 17.8 Å². The highest BCUT2D eigenvalue weighted by atomic mass is 16.7. The van der Waals surface area contributed by atoms with Crippen LogP contribution in [0, 0.1) is 0 Å². The van der Waals surface area contributed by atoms with Crippen LogP contribution in [0.15, 0.2) is 28.9 Å². The Hall–Kier alpha value is -2.30. The van der Waals surface area contributed by atoms with E-state index in [4.69, 9.17) is 9.47 Å². The predicted molar refractivity (Wildman–Crippen MR) is 66.7 cm³/mol. The van der Waals surface area contributed by atoms with Crippen LogP contribution < -0.4 is 9.47 Å². The Labute approximate surface area is 105 Å². The van der Waals surface area contributed by atoms with E-state index in [2.05, 4.69) is 9.99 Å². The molecular weight excluding hydrogens is 234 g/mol. The highest BCUT2D eigenvalue weighted by Gasteiger charge is 2.21. The molecule has 0 unspecified atom stereocenters. The van der Waals surface area contributed by atoms with Crippen LogP contribution in [0.4, 0.5) is 0 Å². The molecule has 0 amide bonds. The van der Waals surface area contributed by atoms with Gasteiger partial charge < -0.3 is 14.3 Å². The highest BCUT2D eigenvalue weighted by Crippen LogP contribution is 2.28. The van der Waals surface area contributed by atoms with Crippen molar-refractivity contribution < 1.29 is 19.1 Å². The third-order valence-electron chi connectivity index (χ3n) is 2.59. The largest absolute Gasteiger partial charge is 0.493 e. The topological polar surface area (TPSA) is 57.1 Å². The summed E-state index contributed by atoms with van der Waals surface area (Å²) in [4.78, 5) is 16.0. The lowest BCUT2D eigenvalue weighted by Crippen LogP contribution is -2.01. The molecule has 5 heteroatoms. The number of nitrogens with zero attached hydrogens (tertiary/aromatic N) is 1. The fourth-order valence-electron chi connectivity index (χ4n) is 1.63. The summed E-state index contributed by atoms with van der Waals surface area (Å²) in [7, 11) is 3.13. The van der Waals surface area contributed by atoms with E-state index < -0.39 is 5.97 Å². The number of oxime groups is 1. The Morgan fingerprint density at radius 1 is 1.22 bits per heavy atom. The fourth-order valence-corrected chi connectivity index (χ4v) is 1.63. The molecule has 5 nitrogen and oxygen atoms in total. The van der Waals surface area contributed by atoms with Crippen LogP contribution in [0.5, 0.6) is 11.5 Å². The zero-order valence-electron chi connectivity index (χ0n) is 10.4.